The summed E-state index contributed by atoms with van der Waals surface area (Å²) in [7, 11) is -3.82. The maximum absolute atomic E-state index is 12.0. The van der Waals surface area contributed by atoms with E-state index in [1.165, 1.54) is 6.07 Å². The predicted octanol–water partition coefficient (Wildman–Crippen LogP) is 1.12. The minimum Gasteiger partial charge on any atom is -0.490 e. The van der Waals surface area contributed by atoms with Gasteiger partial charge >= 0.3 is 10.1 Å². The van der Waals surface area contributed by atoms with Gasteiger partial charge in [0.15, 0.2) is 0 Å². The topological polar surface area (TPSA) is 91.3 Å². The van der Waals surface area contributed by atoms with E-state index < -0.39 is 10.1 Å². The summed E-state index contributed by atoms with van der Waals surface area (Å²) in [6.07, 6.45) is 0. The van der Waals surface area contributed by atoms with Gasteiger partial charge in [-0.15, -0.1) is 0 Å². The first-order valence-electron chi connectivity index (χ1n) is 7.40. The van der Waals surface area contributed by atoms with Crippen LogP contribution in [0.4, 0.5) is 0 Å². The van der Waals surface area contributed by atoms with Gasteiger partial charge in [0, 0.05) is 0 Å². The van der Waals surface area contributed by atoms with E-state index in [1.54, 1.807) is 19.1 Å². The quantitative estimate of drug-likeness (QED) is 0.447. The number of rotatable bonds is 12. The van der Waals surface area contributed by atoms with Crippen molar-refractivity contribution in [1.29, 1.82) is 0 Å². The highest BCUT2D eigenvalue weighted by Crippen LogP contribution is 2.26. The normalized spacial score (nSPS) is 11.6. The Morgan fingerprint density at radius 2 is 1.70 bits per heavy atom. The van der Waals surface area contributed by atoms with Crippen molar-refractivity contribution in [2.75, 3.05) is 46.2 Å². The Labute approximate surface area is 137 Å². The van der Waals surface area contributed by atoms with Gasteiger partial charge < -0.3 is 19.3 Å². The second-order valence-electron chi connectivity index (χ2n) is 4.61. The van der Waals surface area contributed by atoms with E-state index in [9.17, 15) is 8.42 Å². The molecule has 0 saturated heterocycles. The molecule has 7 nitrogen and oxygen atoms in total. The van der Waals surface area contributed by atoms with E-state index in [4.69, 9.17) is 23.5 Å². The summed E-state index contributed by atoms with van der Waals surface area (Å²) in [4.78, 5) is 0.0104. The highest BCUT2D eigenvalue weighted by molar-refractivity contribution is 7.86. The van der Waals surface area contributed by atoms with Gasteiger partial charge in [-0.05, 0) is 31.5 Å². The highest BCUT2D eigenvalue weighted by atomic mass is 32.2. The van der Waals surface area contributed by atoms with Crippen LogP contribution in [0.25, 0.3) is 0 Å². The summed E-state index contributed by atoms with van der Waals surface area (Å²) in [6.45, 7) is 5.04. The van der Waals surface area contributed by atoms with Gasteiger partial charge in [0.2, 0.25) is 0 Å². The molecule has 0 spiro atoms. The smallest absolute Gasteiger partial charge is 0.300 e. The molecule has 0 fully saturated rings. The standard InChI is InChI=1S/C15H24O7S/c1-3-22-23(17,18)15-5-4-13(2)12-14(15)21-11-10-20-9-8-19-7-6-16/h4-5,12,16H,3,6-11H2,1-2H3. The molecule has 0 saturated carbocycles. The molecule has 8 heteroatoms. The SMILES string of the molecule is CCOS(=O)(=O)c1ccc(C)cc1OCCOCCOCCO. The number of hydrogen-bond acceptors (Lipinski definition) is 7. The molecule has 0 heterocycles. The maximum atomic E-state index is 12.0. The maximum Gasteiger partial charge on any atom is 0.300 e. The van der Waals surface area contributed by atoms with E-state index in [0.29, 0.717) is 19.8 Å². The van der Waals surface area contributed by atoms with E-state index in [1.807, 2.05) is 6.92 Å². The first-order valence-corrected chi connectivity index (χ1v) is 8.81. The van der Waals surface area contributed by atoms with E-state index >= 15 is 0 Å². The second-order valence-corrected chi connectivity index (χ2v) is 6.19. The van der Waals surface area contributed by atoms with Crippen LogP contribution in [0.3, 0.4) is 0 Å². The highest BCUT2D eigenvalue weighted by Gasteiger charge is 2.20. The first-order chi connectivity index (χ1) is 11.0. The molecule has 1 rings (SSSR count). The van der Waals surface area contributed by atoms with Gasteiger partial charge in [-0.3, -0.25) is 4.18 Å². The summed E-state index contributed by atoms with van der Waals surface area (Å²) in [5, 5.41) is 8.54. The van der Waals surface area contributed by atoms with Gasteiger partial charge in [0.25, 0.3) is 0 Å². The van der Waals surface area contributed by atoms with Crippen LogP contribution in [-0.2, 0) is 23.8 Å². The lowest BCUT2D eigenvalue weighted by molar-refractivity contribution is 0.0244. The molecule has 0 aliphatic heterocycles. The van der Waals surface area contributed by atoms with Crippen molar-refractivity contribution in [3.05, 3.63) is 23.8 Å². The predicted molar refractivity (Wildman–Crippen MR) is 84.2 cm³/mol. The summed E-state index contributed by atoms with van der Waals surface area (Å²) in [5.74, 6) is 0.249. The van der Waals surface area contributed by atoms with Crippen LogP contribution >= 0.6 is 0 Å². The van der Waals surface area contributed by atoms with Gasteiger partial charge in [-0.2, -0.15) is 8.42 Å². The number of hydrogen-bond donors (Lipinski definition) is 1. The largest absolute Gasteiger partial charge is 0.490 e. The van der Waals surface area contributed by atoms with Crippen molar-refractivity contribution in [3.8, 4) is 5.75 Å². The molecule has 0 aliphatic carbocycles. The van der Waals surface area contributed by atoms with Crippen LogP contribution in [0.2, 0.25) is 0 Å². The Bertz CT molecular complexity index is 557. The Balaban J connectivity index is 2.51. The lowest BCUT2D eigenvalue weighted by atomic mass is 10.2. The van der Waals surface area contributed by atoms with E-state index in [0.717, 1.165) is 5.56 Å². The Hall–Kier alpha value is -1.19. The van der Waals surface area contributed by atoms with Gasteiger partial charge in [-0.1, -0.05) is 6.07 Å². The molecular formula is C15H24O7S. The molecule has 0 aliphatic rings. The Morgan fingerprint density at radius 1 is 1.04 bits per heavy atom. The molecule has 0 bridgehead atoms. The first kappa shape index (κ1) is 19.9. The zero-order valence-electron chi connectivity index (χ0n) is 13.5. The lowest BCUT2D eigenvalue weighted by Crippen LogP contribution is -2.14. The van der Waals surface area contributed by atoms with Crippen molar-refractivity contribution in [1.82, 2.24) is 0 Å². The summed E-state index contributed by atoms with van der Waals surface area (Å²) < 4.78 is 44.7. The summed E-state index contributed by atoms with van der Waals surface area (Å²) in [5.41, 5.74) is 0.883. The molecular weight excluding hydrogens is 324 g/mol. The fourth-order valence-corrected chi connectivity index (χ4v) is 2.79. The van der Waals surface area contributed by atoms with Gasteiger partial charge in [0.05, 0.1) is 39.6 Å². The Morgan fingerprint density at radius 3 is 2.35 bits per heavy atom. The minimum absolute atomic E-state index is 0.0104. The monoisotopic (exact) mass is 348 g/mol. The molecule has 1 aromatic rings. The van der Waals surface area contributed by atoms with Gasteiger partial charge in [0.1, 0.15) is 17.3 Å². The summed E-state index contributed by atoms with van der Waals surface area (Å²) >= 11 is 0. The fraction of sp³-hybridized carbons (Fsp3) is 0.600. The van der Waals surface area contributed by atoms with Crippen LogP contribution in [0, 0.1) is 6.92 Å². The van der Waals surface area contributed by atoms with Crippen molar-refractivity contribution in [2.45, 2.75) is 18.7 Å². The molecule has 132 valence electrons. The molecule has 0 unspecified atom stereocenters. The number of aliphatic hydroxyl groups excluding tert-OH is 1. The van der Waals surface area contributed by atoms with Crippen LogP contribution in [0.15, 0.2) is 23.1 Å². The van der Waals surface area contributed by atoms with Crippen LogP contribution in [-0.4, -0.2) is 59.8 Å². The average molecular weight is 348 g/mol. The van der Waals surface area contributed by atoms with Crippen molar-refractivity contribution < 1.29 is 31.9 Å². The van der Waals surface area contributed by atoms with E-state index in [-0.39, 0.29) is 37.1 Å². The number of aryl methyl sites for hydroxylation is 1. The third kappa shape index (κ3) is 7.28. The van der Waals surface area contributed by atoms with Crippen molar-refractivity contribution in [2.24, 2.45) is 0 Å². The fourth-order valence-electron chi connectivity index (χ4n) is 1.75. The van der Waals surface area contributed by atoms with Crippen LogP contribution in [0.1, 0.15) is 12.5 Å². The summed E-state index contributed by atoms with van der Waals surface area (Å²) in [6, 6.07) is 4.81. The zero-order valence-corrected chi connectivity index (χ0v) is 14.3. The van der Waals surface area contributed by atoms with E-state index in [2.05, 4.69) is 0 Å². The lowest BCUT2D eigenvalue weighted by Gasteiger charge is -2.12. The third-order valence-electron chi connectivity index (χ3n) is 2.73. The average Bonchev–Trinajstić information content (AvgIpc) is 2.49. The molecule has 0 atom stereocenters. The molecule has 0 amide bonds. The van der Waals surface area contributed by atoms with Crippen LogP contribution in [0.5, 0.6) is 5.75 Å². The third-order valence-corrected chi connectivity index (χ3v) is 4.16. The molecule has 1 aromatic carbocycles. The number of ether oxygens (including phenoxy) is 3. The molecule has 0 aromatic heterocycles. The second kappa shape index (κ2) is 10.6. The minimum atomic E-state index is -3.82. The van der Waals surface area contributed by atoms with Crippen molar-refractivity contribution in [3.63, 3.8) is 0 Å². The Kier molecular flexibility index (Phi) is 9.12. The molecule has 23 heavy (non-hydrogen) atoms. The molecule has 0 radical (unpaired) electrons. The van der Waals surface area contributed by atoms with Crippen LogP contribution < -0.4 is 4.74 Å². The van der Waals surface area contributed by atoms with Crippen molar-refractivity contribution >= 4 is 10.1 Å². The number of benzene rings is 1. The van der Waals surface area contributed by atoms with Gasteiger partial charge in [-0.25, -0.2) is 0 Å². The molecule has 1 N–H and O–H groups in total. The number of aliphatic hydroxyl groups is 1. The zero-order chi connectivity index (χ0) is 17.1.